The molecule has 0 spiro atoms. The maximum atomic E-state index is 5.57. The van der Waals surface area contributed by atoms with Crippen molar-refractivity contribution < 1.29 is 9.47 Å². The van der Waals surface area contributed by atoms with Gasteiger partial charge < -0.3 is 19.8 Å². The monoisotopic (exact) mass is 233 g/mol. The Bertz CT molecular complexity index is 562. The maximum absolute atomic E-state index is 5.57. The fourth-order valence-corrected chi connectivity index (χ4v) is 2.13. The molecule has 0 atom stereocenters. The molecule has 2 heterocycles. The van der Waals surface area contributed by atoms with E-state index in [1.54, 1.807) is 0 Å². The SMILES string of the molecule is Cn1c(CCN)nc2cc3c(cc21)OCCO3. The highest BCUT2D eigenvalue weighted by Gasteiger charge is 2.16. The Labute approximate surface area is 99.1 Å². The Kier molecular flexibility index (Phi) is 2.40. The van der Waals surface area contributed by atoms with Crippen molar-refractivity contribution in [3.8, 4) is 11.5 Å². The number of aromatic nitrogens is 2. The Morgan fingerprint density at radius 2 is 2.00 bits per heavy atom. The maximum Gasteiger partial charge on any atom is 0.163 e. The van der Waals surface area contributed by atoms with Crippen molar-refractivity contribution in [2.24, 2.45) is 12.8 Å². The minimum Gasteiger partial charge on any atom is -0.486 e. The fraction of sp³-hybridized carbons (Fsp3) is 0.417. The van der Waals surface area contributed by atoms with E-state index in [0.717, 1.165) is 34.8 Å². The molecule has 1 aliphatic rings. The summed E-state index contributed by atoms with van der Waals surface area (Å²) in [6, 6.07) is 3.92. The van der Waals surface area contributed by atoms with Gasteiger partial charge in [0.25, 0.3) is 0 Å². The van der Waals surface area contributed by atoms with Gasteiger partial charge >= 0.3 is 0 Å². The molecule has 90 valence electrons. The Hall–Kier alpha value is -1.75. The number of fused-ring (bicyclic) bond motifs is 2. The molecule has 1 aromatic carbocycles. The molecule has 1 aliphatic heterocycles. The van der Waals surface area contributed by atoms with Crippen molar-refractivity contribution >= 4 is 11.0 Å². The number of nitrogens with zero attached hydrogens (tertiary/aromatic N) is 2. The smallest absolute Gasteiger partial charge is 0.163 e. The summed E-state index contributed by atoms with van der Waals surface area (Å²) < 4.78 is 13.2. The minimum atomic E-state index is 0.598. The lowest BCUT2D eigenvalue weighted by Crippen LogP contribution is -2.15. The van der Waals surface area contributed by atoms with E-state index in [2.05, 4.69) is 9.55 Å². The predicted molar refractivity (Wildman–Crippen MR) is 64.5 cm³/mol. The average Bonchev–Trinajstić information content (AvgIpc) is 2.64. The first-order valence-electron chi connectivity index (χ1n) is 5.74. The summed E-state index contributed by atoms with van der Waals surface area (Å²) in [5.74, 6) is 2.57. The second-order valence-electron chi connectivity index (χ2n) is 4.11. The minimum absolute atomic E-state index is 0.598. The zero-order valence-corrected chi connectivity index (χ0v) is 9.77. The van der Waals surface area contributed by atoms with Crippen LogP contribution in [0.15, 0.2) is 12.1 Å². The summed E-state index contributed by atoms with van der Waals surface area (Å²) in [6.07, 6.45) is 0.775. The molecule has 1 aromatic heterocycles. The van der Waals surface area contributed by atoms with E-state index in [1.165, 1.54) is 0 Å². The van der Waals surface area contributed by atoms with Gasteiger partial charge in [-0.2, -0.15) is 0 Å². The molecule has 5 heteroatoms. The molecule has 3 rings (SSSR count). The largest absolute Gasteiger partial charge is 0.486 e. The van der Waals surface area contributed by atoms with Crippen LogP contribution in [0.5, 0.6) is 11.5 Å². The summed E-state index contributed by atoms with van der Waals surface area (Å²) >= 11 is 0. The number of nitrogens with two attached hydrogens (primary N) is 1. The van der Waals surface area contributed by atoms with Crippen LogP contribution in [-0.4, -0.2) is 29.3 Å². The van der Waals surface area contributed by atoms with Gasteiger partial charge in [0, 0.05) is 25.6 Å². The second kappa shape index (κ2) is 3.92. The summed E-state index contributed by atoms with van der Waals surface area (Å²) in [5.41, 5.74) is 7.55. The molecule has 0 saturated carbocycles. The van der Waals surface area contributed by atoms with Crippen molar-refractivity contribution in [1.82, 2.24) is 9.55 Å². The summed E-state index contributed by atoms with van der Waals surface area (Å²) in [7, 11) is 2.00. The second-order valence-corrected chi connectivity index (χ2v) is 4.11. The first kappa shape index (κ1) is 10.4. The zero-order valence-electron chi connectivity index (χ0n) is 9.77. The van der Waals surface area contributed by atoms with Crippen LogP contribution in [0.1, 0.15) is 5.82 Å². The van der Waals surface area contributed by atoms with Gasteiger partial charge in [-0.15, -0.1) is 0 Å². The number of hydrogen-bond acceptors (Lipinski definition) is 4. The molecule has 0 radical (unpaired) electrons. The first-order valence-corrected chi connectivity index (χ1v) is 5.74. The number of imidazole rings is 1. The van der Waals surface area contributed by atoms with E-state index in [1.807, 2.05) is 19.2 Å². The summed E-state index contributed by atoms with van der Waals surface area (Å²) in [4.78, 5) is 4.56. The zero-order chi connectivity index (χ0) is 11.8. The number of ether oxygens (including phenoxy) is 2. The highest BCUT2D eigenvalue weighted by atomic mass is 16.6. The molecule has 0 fully saturated rings. The van der Waals surface area contributed by atoms with Crippen molar-refractivity contribution in [3.63, 3.8) is 0 Å². The van der Waals surface area contributed by atoms with Crippen molar-refractivity contribution in [3.05, 3.63) is 18.0 Å². The fourth-order valence-electron chi connectivity index (χ4n) is 2.13. The number of rotatable bonds is 2. The third kappa shape index (κ3) is 1.63. The van der Waals surface area contributed by atoms with Gasteiger partial charge in [0.15, 0.2) is 11.5 Å². The van der Waals surface area contributed by atoms with Gasteiger partial charge in [-0.3, -0.25) is 0 Å². The van der Waals surface area contributed by atoms with Gasteiger partial charge in [0.1, 0.15) is 19.0 Å². The molecule has 0 aliphatic carbocycles. The van der Waals surface area contributed by atoms with Crippen LogP contribution in [0, 0.1) is 0 Å². The third-order valence-corrected chi connectivity index (χ3v) is 3.01. The van der Waals surface area contributed by atoms with E-state index >= 15 is 0 Å². The van der Waals surface area contributed by atoms with Gasteiger partial charge in [0.2, 0.25) is 0 Å². The van der Waals surface area contributed by atoms with Gasteiger partial charge in [0.05, 0.1) is 11.0 Å². The Balaban J connectivity index is 2.16. The van der Waals surface area contributed by atoms with Crippen LogP contribution in [-0.2, 0) is 13.5 Å². The summed E-state index contributed by atoms with van der Waals surface area (Å²) in [5, 5.41) is 0. The number of aryl methyl sites for hydroxylation is 1. The van der Waals surface area contributed by atoms with Crippen LogP contribution in [0.25, 0.3) is 11.0 Å². The predicted octanol–water partition coefficient (Wildman–Crippen LogP) is 0.846. The lowest BCUT2D eigenvalue weighted by molar-refractivity contribution is 0.172. The molecule has 2 aromatic rings. The van der Waals surface area contributed by atoms with Crippen molar-refractivity contribution in [2.75, 3.05) is 19.8 Å². The van der Waals surface area contributed by atoms with E-state index in [0.29, 0.717) is 19.8 Å². The average molecular weight is 233 g/mol. The van der Waals surface area contributed by atoms with Crippen LogP contribution in [0.3, 0.4) is 0 Å². The number of benzene rings is 1. The quantitative estimate of drug-likeness (QED) is 0.835. The van der Waals surface area contributed by atoms with Gasteiger partial charge in [-0.05, 0) is 6.54 Å². The molecule has 5 nitrogen and oxygen atoms in total. The van der Waals surface area contributed by atoms with Gasteiger partial charge in [-0.25, -0.2) is 4.98 Å². The normalized spacial score (nSPS) is 14.2. The topological polar surface area (TPSA) is 62.3 Å². The van der Waals surface area contributed by atoms with Crippen LogP contribution >= 0.6 is 0 Å². The van der Waals surface area contributed by atoms with Crippen molar-refractivity contribution in [2.45, 2.75) is 6.42 Å². The highest BCUT2D eigenvalue weighted by molar-refractivity contribution is 5.80. The molecular weight excluding hydrogens is 218 g/mol. The molecule has 0 unspecified atom stereocenters. The van der Waals surface area contributed by atoms with Crippen LogP contribution in [0.4, 0.5) is 0 Å². The van der Waals surface area contributed by atoms with E-state index in [-0.39, 0.29) is 0 Å². The van der Waals surface area contributed by atoms with Gasteiger partial charge in [-0.1, -0.05) is 0 Å². The molecule has 0 saturated heterocycles. The third-order valence-electron chi connectivity index (χ3n) is 3.01. The molecule has 2 N–H and O–H groups in total. The van der Waals surface area contributed by atoms with E-state index < -0.39 is 0 Å². The van der Waals surface area contributed by atoms with Crippen LogP contribution in [0.2, 0.25) is 0 Å². The Morgan fingerprint density at radius 1 is 1.29 bits per heavy atom. The van der Waals surface area contributed by atoms with E-state index in [9.17, 15) is 0 Å². The molecule has 17 heavy (non-hydrogen) atoms. The van der Waals surface area contributed by atoms with E-state index in [4.69, 9.17) is 15.2 Å². The number of hydrogen-bond donors (Lipinski definition) is 1. The van der Waals surface area contributed by atoms with Crippen molar-refractivity contribution in [1.29, 1.82) is 0 Å². The molecular formula is C12H15N3O2. The lowest BCUT2D eigenvalue weighted by Gasteiger charge is -2.18. The highest BCUT2D eigenvalue weighted by Crippen LogP contribution is 2.34. The lowest BCUT2D eigenvalue weighted by atomic mass is 10.2. The molecule has 0 bridgehead atoms. The van der Waals surface area contributed by atoms with Crippen LogP contribution < -0.4 is 15.2 Å². The summed E-state index contributed by atoms with van der Waals surface area (Å²) in [6.45, 7) is 1.80. The molecule has 0 amide bonds. The standard InChI is InChI=1S/C12H15N3O2/c1-15-9-7-11-10(16-4-5-17-11)6-8(9)14-12(15)2-3-13/h6-7H,2-5,13H2,1H3. The Morgan fingerprint density at radius 3 is 2.71 bits per heavy atom. The first-order chi connectivity index (χ1) is 8.29.